The smallest absolute Gasteiger partial charge is 0.224 e. The molecule has 0 bridgehead atoms. The van der Waals surface area contributed by atoms with Crippen LogP contribution in [0.2, 0.25) is 0 Å². The number of nitrogens with one attached hydrogen (secondary N) is 1. The van der Waals surface area contributed by atoms with E-state index in [-0.39, 0.29) is 29.5 Å². The summed E-state index contributed by atoms with van der Waals surface area (Å²) in [7, 11) is 0. The fraction of sp³-hybridized carbons (Fsp3) is 0.480. The summed E-state index contributed by atoms with van der Waals surface area (Å²) >= 11 is 0. The summed E-state index contributed by atoms with van der Waals surface area (Å²) in [6.45, 7) is 1.57. The van der Waals surface area contributed by atoms with E-state index in [4.69, 9.17) is 4.74 Å². The van der Waals surface area contributed by atoms with E-state index < -0.39 is 11.7 Å². The van der Waals surface area contributed by atoms with Crippen LogP contribution in [-0.2, 0) is 11.2 Å². The number of hydrogen-bond acceptors (Lipinski definition) is 5. The van der Waals surface area contributed by atoms with Gasteiger partial charge in [-0.15, -0.1) is 0 Å². The third kappa shape index (κ3) is 4.25. The highest BCUT2D eigenvalue weighted by molar-refractivity contribution is 5.92. The van der Waals surface area contributed by atoms with Gasteiger partial charge >= 0.3 is 0 Å². The zero-order valence-corrected chi connectivity index (χ0v) is 18.0. The molecule has 170 valence electrons. The van der Waals surface area contributed by atoms with Gasteiger partial charge in [0.1, 0.15) is 6.10 Å². The first-order valence-electron chi connectivity index (χ1n) is 11.4. The maximum atomic E-state index is 13.9. The SMILES string of the molecule is O=C1CCCc2cc([C@H](O)CN3C[C@H]4C[C@H](Oc5ccccc5F)C[C@@]4(O)C3)ccc2N1. The largest absolute Gasteiger partial charge is 0.487 e. The number of aliphatic hydroxyl groups excluding tert-OH is 1. The van der Waals surface area contributed by atoms with Gasteiger partial charge in [0.25, 0.3) is 0 Å². The molecule has 2 aromatic carbocycles. The molecule has 32 heavy (non-hydrogen) atoms. The molecule has 2 aliphatic heterocycles. The lowest BCUT2D eigenvalue weighted by Crippen LogP contribution is -2.36. The topological polar surface area (TPSA) is 82.0 Å². The number of nitrogens with zero attached hydrogens (tertiary/aromatic N) is 1. The fourth-order valence-electron chi connectivity index (χ4n) is 5.48. The number of aryl methyl sites for hydroxylation is 1. The van der Waals surface area contributed by atoms with Gasteiger partial charge in [-0.2, -0.15) is 0 Å². The van der Waals surface area contributed by atoms with Gasteiger partial charge in [0.2, 0.25) is 5.91 Å². The lowest BCUT2D eigenvalue weighted by Gasteiger charge is -2.25. The number of ether oxygens (including phenoxy) is 1. The molecule has 2 aromatic rings. The monoisotopic (exact) mass is 440 g/mol. The Morgan fingerprint density at radius 3 is 2.91 bits per heavy atom. The van der Waals surface area contributed by atoms with Crippen LogP contribution in [0.4, 0.5) is 10.1 Å². The first-order chi connectivity index (χ1) is 15.4. The van der Waals surface area contributed by atoms with E-state index in [1.165, 1.54) is 6.07 Å². The van der Waals surface area contributed by atoms with E-state index in [0.717, 1.165) is 29.7 Å². The average molecular weight is 441 g/mol. The van der Waals surface area contributed by atoms with Gasteiger partial charge in [0.15, 0.2) is 11.6 Å². The minimum Gasteiger partial charge on any atom is -0.487 e. The molecule has 4 atom stereocenters. The minimum absolute atomic E-state index is 0.0335. The van der Waals surface area contributed by atoms with E-state index in [1.54, 1.807) is 18.2 Å². The van der Waals surface area contributed by atoms with Crippen molar-refractivity contribution in [3.63, 3.8) is 0 Å². The van der Waals surface area contributed by atoms with Crippen molar-refractivity contribution in [2.75, 3.05) is 25.0 Å². The second-order valence-electron chi connectivity index (χ2n) is 9.44. The highest BCUT2D eigenvalue weighted by Crippen LogP contribution is 2.43. The quantitative estimate of drug-likeness (QED) is 0.666. The molecule has 1 amide bonds. The van der Waals surface area contributed by atoms with Crippen molar-refractivity contribution < 1.29 is 24.1 Å². The van der Waals surface area contributed by atoms with Crippen molar-refractivity contribution in [1.29, 1.82) is 0 Å². The number of fused-ring (bicyclic) bond motifs is 2. The van der Waals surface area contributed by atoms with E-state index >= 15 is 0 Å². The normalized spacial score (nSPS) is 28.5. The first kappa shape index (κ1) is 21.4. The number of anilines is 1. The summed E-state index contributed by atoms with van der Waals surface area (Å²) in [6.07, 6.45) is 2.36. The molecule has 5 rings (SSSR count). The van der Waals surface area contributed by atoms with Crippen molar-refractivity contribution in [2.24, 2.45) is 5.92 Å². The molecule has 2 fully saturated rings. The number of benzene rings is 2. The van der Waals surface area contributed by atoms with Crippen LogP contribution in [0.3, 0.4) is 0 Å². The Morgan fingerprint density at radius 1 is 1.25 bits per heavy atom. The summed E-state index contributed by atoms with van der Waals surface area (Å²) in [5.74, 6) is -0.0886. The standard InChI is InChI=1S/C25H29FN2O4/c26-20-5-1-2-6-23(20)32-19-11-18-13-28(15-25(18,31)12-19)14-22(29)17-8-9-21-16(10-17)4-3-7-24(30)27-21/h1-2,5-6,8-10,18-19,22,29,31H,3-4,7,11-15H2,(H,27,30)/t18-,19+,22-,25-/m1/s1. The first-order valence-corrected chi connectivity index (χ1v) is 11.4. The molecule has 3 aliphatic rings. The molecule has 2 heterocycles. The lowest BCUT2D eigenvalue weighted by molar-refractivity contribution is -0.116. The number of amides is 1. The predicted molar refractivity (Wildman–Crippen MR) is 118 cm³/mol. The third-order valence-corrected chi connectivity index (χ3v) is 7.06. The molecule has 0 unspecified atom stereocenters. The Labute approximate surface area is 187 Å². The molecular weight excluding hydrogens is 411 g/mol. The zero-order chi connectivity index (χ0) is 22.3. The average Bonchev–Trinajstić information content (AvgIpc) is 3.11. The van der Waals surface area contributed by atoms with Crippen LogP contribution >= 0.6 is 0 Å². The third-order valence-electron chi connectivity index (χ3n) is 7.06. The number of rotatable bonds is 5. The molecule has 3 N–H and O–H groups in total. The Bertz CT molecular complexity index is 1020. The molecule has 0 aromatic heterocycles. The van der Waals surface area contributed by atoms with E-state index in [0.29, 0.717) is 38.9 Å². The summed E-state index contributed by atoms with van der Waals surface area (Å²) in [5.41, 5.74) is 1.82. The zero-order valence-electron chi connectivity index (χ0n) is 18.0. The summed E-state index contributed by atoms with van der Waals surface area (Å²) < 4.78 is 19.7. The molecule has 1 saturated carbocycles. The highest BCUT2D eigenvalue weighted by Gasteiger charge is 2.52. The molecule has 1 aliphatic carbocycles. The Kier molecular flexibility index (Phi) is 5.65. The van der Waals surface area contributed by atoms with Crippen molar-refractivity contribution in [1.82, 2.24) is 4.90 Å². The van der Waals surface area contributed by atoms with E-state index in [9.17, 15) is 19.4 Å². The van der Waals surface area contributed by atoms with E-state index in [2.05, 4.69) is 10.2 Å². The summed E-state index contributed by atoms with van der Waals surface area (Å²) in [4.78, 5) is 13.8. The van der Waals surface area contributed by atoms with Crippen molar-refractivity contribution in [3.8, 4) is 5.75 Å². The predicted octanol–water partition coefficient (Wildman–Crippen LogP) is 3.04. The molecule has 0 radical (unpaired) electrons. The van der Waals surface area contributed by atoms with Crippen LogP contribution < -0.4 is 10.1 Å². The van der Waals surface area contributed by atoms with Crippen LogP contribution in [0.1, 0.15) is 42.9 Å². The number of carbonyl (C=O) groups excluding carboxylic acids is 1. The fourth-order valence-corrected chi connectivity index (χ4v) is 5.48. The maximum absolute atomic E-state index is 13.9. The van der Waals surface area contributed by atoms with Crippen LogP contribution in [0, 0.1) is 11.7 Å². The molecule has 7 heteroatoms. The number of aliphatic hydroxyl groups is 2. The Morgan fingerprint density at radius 2 is 2.09 bits per heavy atom. The minimum atomic E-state index is -0.881. The Hall–Kier alpha value is -2.48. The Balaban J connectivity index is 1.19. The van der Waals surface area contributed by atoms with Crippen LogP contribution in [-0.4, -0.2) is 52.4 Å². The highest BCUT2D eigenvalue weighted by atomic mass is 19.1. The van der Waals surface area contributed by atoms with Gasteiger partial charge in [-0.05, 0) is 48.6 Å². The van der Waals surface area contributed by atoms with Gasteiger partial charge in [-0.3, -0.25) is 9.69 Å². The number of hydrogen-bond donors (Lipinski definition) is 3. The van der Waals surface area contributed by atoms with Crippen LogP contribution in [0.15, 0.2) is 42.5 Å². The van der Waals surface area contributed by atoms with Crippen molar-refractivity contribution in [2.45, 2.75) is 49.9 Å². The van der Waals surface area contributed by atoms with Crippen molar-refractivity contribution in [3.05, 3.63) is 59.4 Å². The van der Waals surface area contributed by atoms with Gasteiger partial charge in [0.05, 0.1) is 11.7 Å². The molecule has 6 nitrogen and oxygen atoms in total. The second kappa shape index (κ2) is 8.46. The van der Waals surface area contributed by atoms with Gasteiger partial charge < -0.3 is 20.3 Å². The van der Waals surface area contributed by atoms with Gasteiger partial charge in [0, 0.05) is 44.1 Å². The molecular formula is C25H29FN2O4. The summed E-state index contributed by atoms with van der Waals surface area (Å²) in [6, 6.07) is 12.1. The van der Waals surface area contributed by atoms with E-state index in [1.807, 2.05) is 18.2 Å². The molecule has 0 spiro atoms. The number of β-amino-alcohol motifs (C(OH)–C–C–N with tert-alkyl or cyclic N) is 2. The van der Waals surface area contributed by atoms with Crippen LogP contribution in [0.25, 0.3) is 0 Å². The maximum Gasteiger partial charge on any atom is 0.224 e. The second-order valence-corrected chi connectivity index (χ2v) is 9.44. The lowest BCUT2D eigenvalue weighted by atomic mass is 9.95. The number of likely N-dealkylation sites (tertiary alicyclic amines) is 1. The number of para-hydroxylation sites is 1. The van der Waals surface area contributed by atoms with Gasteiger partial charge in [-0.25, -0.2) is 4.39 Å². The van der Waals surface area contributed by atoms with Crippen molar-refractivity contribution >= 4 is 11.6 Å². The van der Waals surface area contributed by atoms with Gasteiger partial charge in [-0.1, -0.05) is 24.3 Å². The van der Waals surface area contributed by atoms with Crippen LogP contribution in [0.5, 0.6) is 5.75 Å². The molecule has 1 saturated heterocycles. The summed E-state index contributed by atoms with van der Waals surface area (Å²) in [5, 5.41) is 25.0. The number of carbonyl (C=O) groups is 1. The number of halogens is 1.